The monoisotopic (exact) mass is 371 g/mol. The lowest BCUT2D eigenvalue weighted by Crippen LogP contribution is -2.22. The molecule has 0 radical (unpaired) electrons. The number of hydrogen-bond donors (Lipinski definition) is 1. The molecule has 9 heteroatoms. The highest BCUT2D eigenvalue weighted by molar-refractivity contribution is 7.20. The minimum absolute atomic E-state index is 0.0162. The van der Waals surface area contributed by atoms with Crippen molar-refractivity contribution in [3.63, 3.8) is 0 Å². The number of rotatable bonds is 5. The van der Waals surface area contributed by atoms with Gasteiger partial charge in [0.15, 0.2) is 5.65 Å². The molecule has 0 spiro atoms. The maximum absolute atomic E-state index is 12.2. The third-order valence-electron chi connectivity index (χ3n) is 4.12. The lowest BCUT2D eigenvalue weighted by atomic mass is 9.93. The Bertz CT molecular complexity index is 1080. The summed E-state index contributed by atoms with van der Waals surface area (Å²) in [5, 5.41) is 13.0. The average Bonchev–Trinajstić information content (AvgIpc) is 3.23. The van der Waals surface area contributed by atoms with Crippen LogP contribution in [0.5, 0.6) is 0 Å². The molecule has 0 amide bonds. The van der Waals surface area contributed by atoms with Crippen LogP contribution in [-0.2, 0) is 12.0 Å². The van der Waals surface area contributed by atoms with Crippen LogP contribution in [0.25, 0.3) is 10.6 Å². The van der Waals surface area contributed by atoms with Gasteiger partial charge < -0.3 is 5.32 Å². The summed E-state index contributed by atoms with van der Waals surface area (Å²) in [7, 11) is 0. The van der Waals surface area contributed by atoms with Gasteiger partial charge in [0, 0.05) is 24.7 Å². The first-order chi connectivity index (χ1) is 12.4. The number of fused-ring (bicyclic) bond motifs is 2. The zero-order valence-electron chi connectivity index (χ0n) is 15.0. The Hall–Kier alpha value is -2.68. The predicted octanol–water partition coefficient (Wildman–Crippen LogP) is 2.40. The van der Waals surface area contributed by atoms with Crippen LogP contribution in [0.2, 0.25) is 0 Å². The molecule has 26 heavy (non-hydrogen) atoms. The molecule has 0 aromatic carbocycles. The van der Waals surface area contributed by atoms with Crippen LogP contribution in [0.3, 0.4) is 0 Å². The van der Waals surface area contributed by atoms with E-state index in [1.54, 1.807) is 10.6 Å². The Balaban J connectivity index is 1.37. The van der Waals surface area contributed by atoms with Gasteiger partial charge in [-0.2, -0.15) is 0 Å². The fraction of sp³-hybridized carbons (Fsp3) is 0.412. The van der Waals surface area contributed by atoms with Gasteiger partial charge in [0.2, 0.25) is 10.1 Å². The summed E-state index contributed by atoms with van der Waals surface area (Å²) in [6, 6.07) is 5.52. The van der Waals surface area contributed by atoms with Gasteiger partial charge >= 0.3 is 5.69 Å². The van der Waals surface area contributed by atoms with Crippen molar-refractivity contribution < 1.29 is 0 Å². The SMILES string of the molecule is CC(C)(C)c1cn2nc(NCCCn3nc4ccccn4c3=O)sc2n1. The molecule has 4 aromatic rings. The minimum atomic E-state index is -0.108. The minimum Gasteiger partial charge on any atom is -0.360 e. The molecular formula is C17H21N7OS. The Kier molecular flexibility index (Phi) is 4.03. The summed E-state index contributed by atoms with van der Waals surface area (Å²) >= 11 is 1.53. The fourth-order valence-corrected chi connectivity index (χ4v) is 3.48. The smallest absolute Gasteiger partial charge is 0.350 e. The van der Waals surface area contributed by atoms with Crippen LogP contribution < -0.4 is 11.0 Å². The summed E-state index contributed by atoms with van der Waals surface area (Å²) in [6.45, 7) is 7.69. The number of anilines is 1. The van der Waals surface area contributed by atoms with Crippen molar-refractivity contribution in [3.8, 4) is 0 Å². The van der Waals surface area contributed by atoms with Crippen molar-refractivity contribution in [2.75, 3.05) is 11.9 Å². The Morgan fingerprint density at radius 3 is 2.81 bits per heavy atom. The van der Waals surface area contributed by atoms with Gasteiger partial charge in [-0.3, -0.25) is 4.40 Å². The Morgan fingerprint density at radius 2 is 2.08 bits per heavy atom. The molecule has 4 heterocycles. The van der Waals surface area contributed by atoms with Crippen LogP contribution >= 0.6 is 11.3 Å². The van der Waals surface area contributed by atoms with Crippen molar-refractivity contribution in [3.05, 3.63) is 46.8 Å². The van der Waals surface area contributed by atoms with Crippen molar-refractivity contribution >= 4 is 27.1 Å². The molecular weight excluding hydrogens is 350 g/mol. The lowest BCUT2D eigenvalue weighted by Gasteiger charge is -2.13. The first-order valence-corrected chi connectivity index (χ1v) is 9.38. The van der Waals surface area contributed by atoms with Gasteiger partial charge in [-0.15, -0.1) is 10.2 Å². The van der Waals surface area contributed by atoms with Gasteiger partial charge in [-0.1, -0.05) is 38.2 Å². The normalized spacial score (nSPS) is 12.3. The Labute approximate surface area is 154 Å². The van der Waals surface area contributed by atoms with Crippen molar-refractivity contribution in [1.82, 2.24) is 28.8 Å². The molecule has 8 nitrogen and oxygen atoms in total. The standard InChI is InChI=1S/C17H21N7OS/c1-17(2,3)12-11-24-15(19-12)26-14(21-24)18-8-6-10-23-16(25)22-9-5-4-7-13(22)20-23/h4-5,7,9,11H,6,8,10H2,1-3H3,(H,18,21). The molecule has 1 N–H and O–H groups in total. The van der Waals surface area contributed by atoms with Gasteiger partial charge in [-0.05, 0) is 18.6 Å². The molecule has 136 valence electrons. The third-order valence-corrected chi connectivity index (χ3v) is 5.00. The molecule has 0 bridgehead atoms. The average molecular weight is 371 g/mol. The fourth-order valence-electron chi connectivity index (χ4n) is 2.67. The van der Waals surface area contributed by atoms with E-state index < -0.39 is 0 Å². The number of aromatic nitrogens is 6. The van der Waals surface area contributed by atoms with Crippen molar-refractivity contribution in [2.45, 2.75) is 39.2 Å². The first-order valence-electron chi connectivity index (χ1n) is 8.56. The van der Waals surface area contributed by atoms with Gasteiger partial charge in [0.25, 0.3) is 0 Å². The first kappa shape index (κ1) is 16.8. The predicted molar refractivity (Wildman–Crippen MR) is 102 cm³/mol. The van der Waals surface area contributed by atoms with E-state index in [1.807, 2.05) is 28.9 Å². The zero-order chi connectivity index (χ0) is 18.3. The third kappa shape index (κ3) is 3.10. The largest absolute Gasteiger partial charge is 0.360 e. The number of hydrogen-bond acceptors (Lipinski definition) is 6. The lowest BCUT2D eigenvalue weighted by molar-refractivity contribution is 0.571. The van der Waals surface area contributed by atoms with Crippen LogP contribution in [-0.4, -0.2) is 35.3 Å². The van der Waals surface area contributed by atoms with E-state index in [1.165, 1.54) is 16.0 Å². The van der Waals surface area contributed by atoms with Crippen LogP contribution in [0, 0.1) is 0 Å². The number of nitrogens with one attached hydrogen (secondary N) is 1. The highest BCUT2D eigenvalue weighted by Crippen LogP contribution is 2.25. The van der Waals surface area contributed by atoms with Crippen molar-refractivity contribution in [2.24, 2.45) is 0 Å². The number of pyridine rings is 1. The van der Waals surface area contributed by atoms with E-state index in [0.717, 1.165) is 22.2 Å². The molecule has 0 aliphatic rings. The van der Waals surface area contributed by atoms with Gasteiger partial charge in [-0.25, -0.2) is 19.0 Å². The second-order valence-corrected chi connectivity index (χ2v) is 8.18. The molecule has 4 rings (SSSR count). The summed E-state index contributed by atoms with van der Waals surface area (Å²) in [5.74, 6) is 0. The van der Waals surface area contributed by atoms with Gasteiger partial charge in [0.05, 0.1) is 11.9 Å². The van der Waals surface area contributed by atoms with Crippen LogP contribution in [0.4, 0.5) is 5.13 Å². The Morgan fingerprint density at radius 1 is 1.23 bits per heavy atom. The summed E-state index contributed by atoms with van der Waals surface area (Å²) in [6.07, 6.45) is 4.49. The summed E-state index contributed by atoms with van der Waals surface area (Å²) in [4.78, 5) is 17.7. The number of imidazole rings is 1. The highest BCUT2D eigenvalue weighted by atomic mass is 32.1. The van der Waals surface area contributed by atoms with Crippen LogP contribution in [0.15, 0.2) is 35.4 Å². The second-order valence-electron chi connectivity index (χ2n) is 7.23. The molecule has 0 atom stereocenters. The molecule has 0 saturated heterocycles. The second kappa shape index (κ2) is 6.24. The van der Waals surface area contributed by atoms with E-state index >= 15 is 0 Å². The maximum atomic E-state index is 12.2. The van der Waals surface area contributed by atoms with Crippen molar-refractivity contribution in [1.29, 1.82) is 0 Å². The molecule has 0 aliphatic heterocycles. The summed E-state index contributed by atoms with van der Waals surface area (Å²) < 4.78 is 4.87. The number of nitrogens with zero attached hydrogens (tertiary/aromatic N) is 6. The van der Waals surface area contributed by atoms with E-state index in [9.17, 15) is 4.79 Å². The highest BCUT2D eigenvalue weighted by Gasteiger charge is 2.19. The maximum Gasteiger partial charge on any atom is 0.350 e. The molecule has 0 fully saturated rings. The number of aryl methyl sites for hydroxylation is 1. The molecule has 0 aliphatic carbocycles. The topological polar surface area (TPSA) is 81.5 Å². The quantitative estimate of drug-likeness (QED) is 0.545. The van der Waals surface area contributed by atoms with E-state index in [2.05, 4.69) is 41.3 Å². The summed E-state index contributed by atoms with van der Waals surface area (Å²) in [5.41, 5.74) is 1.61. The van der Waals surface area contributed by atoms with Gasteiger partial charge in [0.1, 0.15) is 0 Å². The van der Waals surface area contributed by atoms with Crippen LogP contribution in [0.1, 0.15) is 32.9 Å². The van der Waals surface area contributed by atoms with E-state index in [-0.39, 0.29) is 11.1 Å². The van der Waals surface area contributed by atoms with E-state index in [4.69, 9.17) is 0 Å². The zero-order valence-corrected chi connectivity index (χ0v) is 15.8. The van der Waals surface area contributed by atoms with E-state index in [0.29, 0.717) is 18.7 Å². The molecule has 0 saturated carbocycles. The molecule has 0 unspecified atom stereocenters. The molecule has 4 aromatic heterocycles.